The minimum absolute atomic E-state index is 0.186. The van der Waals surface area contributed by atoms with Gasteiger partial charge in [-0.3, -0.25) is 4.79 Å². The van der Waals surface area contributed by atoms with E-state index in [0.29, 0.717) is 18.6 Å². The summed E-state index contributed by atoms with van der Waals surface area (Å²) in [7, 11) is 3.21. The Labute approximate surface area is 135 Å². The molecule has 5 heteroatoms. The van der Waals surface area contributed by atoms with E-state index in [2.05, 4.69) is 5.16 Å². The molecule has 0 saturated heterocycles. The average Bonchev–Trinajstić information content (AvgIpc) is 2.61. The maximum atomic E-state index is 11.8. The van der Waals surface area contributed by atoms with Crippen molar-refractivity contribution < 1.29 is 19.1 Å². The first-order valence-electron chi connectivity index (χ1n) is 7.19. The smallest absolute Gasteiger partial charge is 0.207 e. The molecule has 120 valence electrons. The third-order valence-corrected chi connectivity index (χ3v) is 3.20. The Hall–Kier alpha value is -2.82. The fraction of sp³-hybridized carbons (Fsp3) is 0.222. The monoisotopic (exact) mass is 313 g/mol. The van der Waals surface area contributed by atoms with Crippen molar-refractivity contribution in [1.29, 1.82) is 0 Å². The Morgan fingerprint density at radius 1 is 1.04 bits per heavy atom. The third-order valence-electron chi connectivity index (χ3n) is 3.20. The lowest BCUT2D eigenvalue weighted by atomic mass is 10.1. The largest absolute Gasteiger partial charge is 0.497 e. The number of benzene rings is 2. The predicted molar refractivity (Wildman–Crippen MR) is 88.5 cm³/mol. The summed E-state index contributed by atoms with van der Waals surface area (Å²) in [6, 6.07) is 14.5. The maximum absolute atomic E-state index is 11.8. The number of carbonyl (C=O) groups is 1. The van der Waals surface area contributed by atoms with E-state index in [9.17, 15) is 4.79 Å². The van der Waals surface area contributed by atoms with Crippen LogP contribution < -0.4 is 9.47 Å². The minimum Gasteiger partial charge on any atom is -0.497 e. The molecule has 2 aromatic rings. The van der Waals surface area contributed by atoms with Crippen molar-refractivity contribution in [1.82, 2.24) is 0 Å². The highest BCUT2D eigenvalue weighted by atomic mass is 16.6. The first kappa shape index (κ1) is 16.5. The molecule has 0 amide bonds. The van der Waals surface area contributed by atoms with Gasteiger partial charge in [-0.15, -0.1) is 0 Å². The highest BCUT2D eigenvalue weighted by molar-refractivity contribution is 6.35. The molecule has 0 fully saturated rings. The molecule has 0 aliphatic heterocycles. The van der Waals surface area contributed by atoms with Crippen molar-refractivity contribution in [3.8, 4) is 11.5 Å². The number of nitrogens with zero attached hydrogens (tertiary/aromatic N) is 1. The number of rotatable bonds is 8. The highest BCUT2D eigenvalue weighted by Gasteiger charge is 2.03. The highest BCUT2D eigenvalue weighted by Crippen LogP contribution is 2.22. The molecule has 0 bridgehead atoms. The van der Waals surface area contributed by atoms with Gasteiger partial charge in [-0.25, -0.2) is 0 Å². The summed E-state index contributed by atoms with van der Waals surface area (Å²) in [5.41, 5.74) is 1.59. The first-order valence-corrected chi connectivity index (χ1v) is 7.19. The summed E-state index contributed by atoms with van der Waals surface area (Å²) in [5.74, 6) is 1.26. The van der Waals surface area contributed by atoms with Crippen LogP contribution in [0.4, 0.5) is 0 Å². The van der Waals surface area contributed by atoms with Crippen molar-refractivity contribution in [3.63, 3.8) is 0 Å². The number of carbonyl (C=O) groups excluding carboxylic acids is 1. The van der Waals surface area contributed by atoms with Crippen molar-refractivity contribution >= 4 is 12.0 Å². The van der Waals surface area contributed by atoms with Crippen LogP contribution in [0.15, 0.2) is 53.7 Å². The molecule has 23 heavy (non-hydrogen) atoms. The van der Waals surface area contributed by atoms with Gasteiger partial charge in [-0.2, -0.15) is 0 Å². The zero-order valence-electron chi connectivity index (χ0n) is 13.2. The molecule has 0 aliphatic carbocycles. The van der Waals surface area contributed by atoms with E-state index < -0.39 is 0 Å². The summed E-state index contributed by atoms with van der Waals surface area (Å²) >= 11 is 0. The second-order valence-electron chi connectivity index (χ2n) is 4.77. The second kappa shape index (κ2) is 8.58. The normalized spacial score (nSPS) is 10.5. The van der Waals surface area contributed by atoms with Gasteiger partial charge in [0.1, 0.15) is 24.3 Å². The Bertz CT molecular complexity index is 646. The predicted octanol–water partition coefficient (Wildman–Crippen LogP) is 3.13. The maximum Gasteiger partial charge on any atom is 0.207 e. The van der Waals surface area contributed by atoms with Gasteiger partial charge in [0.05, 0.1) is 14.2 Å². The van der Waals surface area contributed by atoms with Crippen LogP contribution in [0.1, 0.15) is 15.9 Å². The first-order chi connectivity index (χ1) is 11.2. The van der Waals surface area contributed by atoms with Gasteiger partial charge < -0.3 is 14.3 Å². The Morgan fingerprint density at radius 2 is 1.70 bits per heavy atom. The summed E-state index contributed by atoms with van der Waals surface area (Å²) in [5, 5.41) is 3.71. The fourth-order valence-electron chi connectivity index (χ4n) is 1.99. The minimum atomic E-state index is -0.186. The van der Waals surface area contributed by atoms with Crippen LogP contribution >= 0.6 is 0 Å². The molecule has 2 aromatic carbocycles. The third kappa shape index (κ3) is 5.14. The Balaban J connectivity index is 1.83. The number of methoxy groups -OCH3 is 2. The summed E-state index contributed by atoms with van der Waals surface area (Å²) in [4.78, 5) is 16.9. The van der Waals surface area contributed by atoms with E-state index in [-0.39, 0.29) is 5.78 Å². The van der Waals surface area contributed by atoms with E-state index in [4.69, 9.17) is 14.3 Å². The van der Waals surface area contributed by atoms with Crippen molar-refractivity contribution in [2.24, 2.45) is 5.16 Å². The Kier molecular flexibility index (Phi) is 6.17. The lowest BCUT2D eigenvalue weighted by Gasteiger charge is -2.07. The number of hydrogen-bond donors (Lipinski definition) is 0. The van der Waals surface area contributed by atoms with Gasteiger partial charge in [-0.1, -0.05) is 35.5 Å². The molecule has 0 atom stereocenters. The van der Waals surface area contributed by atoms with Crippen LogP contribution in [0, 0.1) is 0 Å². The molecule has 0 saturated carbocycles. The van der Waals surface area contributed by atoms with Gasteiger partial charge in [0.25, 0.3) is 0 Å². The van der Waals surface area contributed by atoms with E-state index in [1.165, 1.54) is 6.21 Å². The second-order valence-corrected chi connectivity index (χ2v) is 4.77. The van der Waals surface area contributed by atoms with Crippen molar-refractivity contribution in [3.05, 3.63) is 59.7 Å². The SMILES string of the molecule is COc1cc(CCO/N=C/C(=O)c2ccccc2)cc(OC)c1. The molecular formula is C18H19NO4. The van der Waals surface area contributed by atoms with Gasteiger partial charge >= 0.3 is 0 Å². The molecule has 0 radical (unpaired) electrons. The number of ketones is 1. The number of ether oxygens (including phenoxy) is 2. The fourth-order valence-corrected chi connectivity index (χ4v) is 1.99. The molecule has 0 spiro atoms. The summed E-state index contributed by atoms with van der Waals surface area (Å²) in [6.45, 7) is 0.356. The van der Waals surface area contributed by atoms with Gasteiger partial charge in [-0.05, 0) is 17.7 Å². The summed E-state index contributed by atoms with van der Waals surface area (Å²) < 4.78 is 10.4. The van der Waals surface area contributed by atoms with Crippen LogP contribution in [0.25, 0.3) is 0 Å². The van der Waals surface area contributed by atoms with E-state index in [1.54, 1.807) is 44.6 Å². The quantitative estimate of drug-likeness (QED) is 0.325. The van der Waals surface area contributed by atoms with Crippen LogP contribution in [-0.2, 0) is 11.3 Å². The molecule has 0 aromatic heterocycles. The molecule has 0 aliphatic rings. The van der Waals surface area contributed by atoms with Gasteiger partial charge in [0, 0.05) is 18.1 Å². The molecule has 0 N–H and O–H groups in total. The number of oxime groups is 1. The standard InChI is InChI=1S/C18H19NO4/c1-21-16-10-14(11-17(12-16)22-2)8-9-23-19-13-18(20)15-6-4-3-5-7-15/h3-7,10-13H,8-9H2,1-2H3/b19-13+. The lowest BCUT2D eigenvalue weighted by molar-refractivity contribution is 0.105. The van der Waals surface area contributed by atoms with Crippen LogP contribution in [0.2, 0.25) is 0 Å². The molecule has 0 unspecified atom stereocenters. The van der Waals surface area contributed by atoms with Gasteiger partial charge in [0.15, 0.2) is 0 Å². The van der Waals surface area contributed by atoms with Crippen LogP contribution in [-0.4, -0.2) is 32.8 Å². The van der Waals surface area contributed by atoms with E-state index in [1.807, 2.05) is 18.2 Å². The van der Waals surface area contributed by atoms with E-state index >= 15 is 0 Å². The zero-order valence-corrected chi connectivity index (χ0v) is 13.2. The van der Waals surface area contributed by atoms with Crippen LogP contribution in [0.3, 0.4) is 0 Å². The lowest BCUT2D eigenvalue weighted by Crippen LogP contribution is -2.01. The van der Waals surface area contributed by atoms with Gasteiger partial charge in [0.2, 0.25) is 5.78 Å². The molecule has 0 heterocycles. The molecule has 5 nitrogen and oxygen atoms in total. The zero-order chi connectivity index (χ0) is 16.5. The van der Waals surface area contributed by atoms with Crippen molar-refractivity contribution in [2.45, 2.75) is 6.42 Å². The molecular weight excluding hydrogens is 294 g/mol. The summed E-state index contributed by atoms with van der Waals surface area (Å²) in [6.07, 6.45) is 1.81. The number of Topliss-reactive ketones (excluding diaryl/α,β-unsaturated/α-hetero) is 1. The van der Waals surface area contributed by atoms with E-state index in [0.717, 1.165) is 17.1 Å². The average molecular weight is 313 g/mol. The van der Waals surface area contributed by atoms with Crippen molar-refractivity contribution in [2.75, 3.05) is 20.8 Å². The topological polar surface area (TPSA) is 57.1 Å². The van der Waals surface area contributed by atoms with Crippen LogP contribution in [0.5, 0.6) is 11.5 Å². The molecule has 2 rings (SSSR count). The Morgan fingerprint density at radius 3 is 2.30 bits per heavy atom. The number of hydrogen-bond acceptors (Lipinski definition) is 5.